The van der Waals surface area contributed by atoms with Gasteiger partial charge in [0.15, 0.2) is 0 Å². The van der Waals surface area contributed by atoms with Gasteiger partial charge in [-0.15, -0.1) is 0 Å². The van der Waals surface area contributed by atoms with Crippen LogP contribution < -0.4 is 0 Å². The first-order valence-electron chi connectivity index (χ1n) is 6.47. The van der Waals surface area contributed by atoms with Gasteiger partial charge in [0.05, 0.1) is 5.52 Å². The second kappa shape index (κ2) is 4.46. The number of aromatic nitrogens is 1. The van der Waals surface area contributed by atoms with Crippen LogP contribution in [0.4, 0.5) is 0 Å². The molecule has 0 saturated carbocycles. The summed E-state index contributed by atoms with van der Waals surface area (Å²) in [7, 11) is 0. The van der Waals surface area contributed by atoms with Gasteiger partial charge >= 0.3 is 0 Å². The molecular formula is C15H18N2. The highest BCUT2D eigenvalue weighted by molar-refractivity contribution is 5.79. The molecule has 3 rings (SSSR count). The van der Waals surface area contributed by atoms with Crippen LogP contribution in [0.5, 0.6) is 0 Å². The fourth-order valence-electron chi connectivity index (χ4n) is 2.88. The second-order valence-electron chi connectivity index (χ2n) is 4.74. The van der Waals surface area contributed by atoms with Crippen LogP contribution in [0, 0.1) is 0 Å². The van der Waals surface area contributed by atoms with Crippen molar-refractivity contribution in [2.75, 3.05) is 13.1 Å². The van der Waals surface area contributed by atoms with Crippen molar-refractivity contribution in [3.05, 3.63) is 42.1 Å². The second-order valence-corrected chi connectivity index (χ2v) is 4.74. The van der Waals surface area contributed by atoms with E-state index in [1.54, 1.807) is 0 Å². The van der Waals surface area contributed by atoms with Crippen LogP contribution in [0.2, 0.25) is 0 Å². The maximum absolute atomic E-state index is 4.37. The minimum Gasteiger partial charge on any atom is -0.297 e. The molecule has 1 atom stereocenters. The summed E-state index contributed by atoms with van der Waals surface area (Å²) < 4.78 is 0. The number of rotatable bonds is 2. The average molecular weight is 226 g/mol. The summed E-state index contributed by atoms with van der Waals surface area (Å²) in [6, 6.07) is 11.5. The van der Waals surface area contributed by atoms with Gasteiger partial charge in [-0.3, -0.25) is 9.88 Å². The van der Waals surface area contributed by atoms with Crippen molar-refractivity contribution in [1.29, 1.82) is 0 Å². The van der Waals surface area contributed by atoms with E-state index in [2.05, 4.69) is 41.1 Å². The zero-order chi connectivity index (χ0) is 11.7. The maximum atomic E-state index is 4.37. The number of fused-ring (bicyclic) bond motifs is 1. The number of nitrogens with zero attached hydrogens (tertiary/aromatic N) is 2. The first kappa shape index (κ1) is 10.7. The number of hydrogen-bond donors (Lipinski definition) is 0. The predicted octanol–water partition coefficient (Wildman–Crippen LogP) is 3.39. The molecule has 2 heteroatoms. The molecule has 1 aliphatic heterocycles. The number of pyridine rings is 1. The van der Waals surface area contributed by atoms with Crippen LogP contribution in [-0.4, -0.2) is 23.0 Å². The van der Waals surface area contributed by atoms with Crippen molar-refractivity contribution >= 4 is 10.9 Å². The Morgan fingerprint density at radius 3 is 3.18 bits per heavy atom. The van der Waals surface area contributed by atoms with Crippen molar-refractivity contribution in [3.63, 3.8) is 0 Å². The van der Waals surface area contributed by atoms with Gasteiger partial charge in [0, 0.05) is 17.6 Å². The van der Waals surface area contributed by atoms with Gasteiger partial charge in [-0.05, 0) is 49.7 Å². The maximum Gasteiger partial charge on any atom is 0.0702 e. The summed E-state index contributed by atoms with van der Waals surface area (Å²) in [5.41, 5.74) is 2.54. The van der Waals surface area contributed by atoms with Gasteiger partial charge in [-0.25, -0.2) is 0 Å². The van der Waals surface area contributed by atoms with E-state index in [4.69, 9.17) is 0 Å². The molecule has 0 amide bonds. The third-order valence-electron chi connectivity index (χ3n) is 3.78. The Bertz CT molecular complexity index is 521. The van der Waals surface area contributed by atoms with Gasteiger partial charge in [-0.2, -0.15) is 0 Å². The lowest BCUT2D eigenvalue weighted by Gasteiger charge is -2.23. The fraction of sp³-hybridized carbons (Fsp3) is 0.400. The molecular weight excluding hydrogens is 208 g/mol. The zero-order valence-corrected chi connectivity index (χ0v) is 10.3. The van der Waals surface area contributed by atoms with E-state index in [1.165, 1.54) is 30.3 Å². The molecule has 0 N–H and O–H groups in total. The molecule has 1 aromatic carbocycles. The Morgan fingerprint density at radius 2 is 2.29 bits per heavy atom. The predicted molar refractivity (Wildman–Crippen MR) is 71.0 cm³/mol. The smallest absolute Gasteiger partial charge is 0.0702 e. The molecule has 1 unspecified atom stereocenters. The zero-order valence-electron chi connectivity index (χ0n) is 10.3. The van der Waals surface area contributed by atoms with Crippen molar-refractivity contribution in [3.8, 4) is 0 Å². The number of hydrogen-bond acceptors (Lipinski definition) is 2. The average Bonchev–Trinajstić information content (AvgIpc) is 2.86. The third-order valence-corrected chi connectivity index (χ3v) is 3.78. The largest absolute Gasteiger partial charge is 0.297 e. The highest BCUT2D eigenvalue weighted by Crippen LogP contribution is 2.32. The molecule has 2 nitrogen and oxygen atoms in total. The van der Waals surface area contributed by atoms with E-state index >= 15 is 0 Å². The molecule has 2 heterocycles. The number of benzene rings is 1. The monoisotopic (exact) mass is 226 g/mol. The van der Waals surface area contributed by atoms with Crippen molar-refractivity contribution in [2.45, 2.75) is 25.8 Å². The van der Waals surface area contributed by atoms with E-state index in [1.807, 2.05) is 12.3 Å². The van der Waals surface area contributed by atoms with Crippen molar-refractivity contribution in [2.24, 2.45) is 0 Å². The van der Waals surface area contributed by atoms with Gasteiger partial charge in [0.2, 0.25) is 0 Å². The quantitative estimate of drug-likeness (QED) is 0.780. The third kappa shape index (κ3) is 1.93. The summed E-state index contributed by atoms with van der Waals surface area (Å²) in [5, 5.41) is 1.26. The summed E-state index contributed by atoms with van der Waals surface area (Å²) in [6.45, 7) is 4.64. The molecule has 0 spiro atoms. The van der Waals surface area contributed by atoms with Crippen LogP contribution in [0.3, 0.4) is 0 Å². The van der Waals surface area contributed by atoms with Gasteiger partial charge < -0.3 is 0 Å². The summed E-state index contributed by atoms with van der Waals surface area (Å²) in [6.07, 6.45) is 4.47. The van der Waals surface area contributed by atoms with Crippen LogP contribution in [0.25, 0.3) is 10.9 Å². The molecule has 88 valence electrons. The van der Waals surface area contributed by atoms with E-state index in [-0.39, 0.29) is 0 Å². The Kier molecular flexibility index (Phi) is 2.81. The molecule has 0 radical (unpaired) electrons. The van der Waals surface area contributed by atoms with Crippen LogP contribution in [0.15, 0.2) is 36.5 Å². The molecule has 0 aliphatic carbocycles. The first-order valence-corrected chi connectivity index (χ1v) is 6.47. The lowest BCUT2D eigenvalue weighted by molar-refractivity contribution is 0.272. The molecule has 1 aliphatic rings. The van der Waals surface area contributed by atoms with E-state index in [0.29, 0.717) is 6.04 Å². The normalized spacial score (nSPS) is 21.1. The topological polar surface area (TPSA) is 16.1 Å². The molecule has 1 fully saturated rings. The highest BCUT2D eigenvalue weighted by atomic mass is 15.2. The molecule has 0 bridgehead atoms. The van der Waals surface area contributed by atoms with Crippen LogP contribution in [-0.2, 0) is 0 Å². The van der Waals surface area contributed by atoms with Crippen LogP contribution in [0.1, 0.15) is 31.4 Å². The Morgan fingerprint density at radius 1 is 1.35 bits per heavy atom. The number of likely N-dealkylation sites (tertiary alicyclic amines) is 1. The van der Waals surface area contributed by atoms with Gasteiger partial charge in [-0.1, -0.05) is 19.1 Å². The van der Waals surface area contributed by atoms with Gasteiger partial charge in [0.25, 0.3) is 0 Å². The Labute approximate surface area is 102 Å². The molecule has 1 aromatic heterocycles. The molecule has 17 heavy (non-hydrogen) atoms. The Hall–Kier alpha value is -1.41. The summed E-state index contributed by atoms with van der Waals surface area (Å²) >= 11 is 0. The summed E-state index contributed by atoms with van der Waals surface area (Å²) in [5.74, 6) is 0. The lowest BCUT2D eigenvalue weighted by Crippen LogP contribution is -2.22. The van der Waals surface area contributed by atoms with Gasteiger partial charge in [0.1, 0.15) is 0 Å². The van der Waals surface area contributed by atoms with Crippen molar-refractivity contribution < 1.29 is 0 Å². The SMILES string of the molecule is CCN1CCCC1c1ccc2ncccc2c1. The van der Waals surface area contributed by atoms with E-state index in [0.717, 1.165) is 12.1 Å². The minimum atomic E-state index is 0.615. The standard InChI is InChI=1S/C15H18N2/c1-2-17-10-4-6-15(17)13-7-8-14-12(11-13)5-3-9-16-14/h3,5,7-9,11,15H,2,4,6,10H2,1H3. The van der Waals surface area contributed by atoms with Crippen molar-refractivity contribution in [1.82, 2.24) is 9.88 Å². The summed E-state index contributed by atoms with van der Waals surface area (Å²) in [4.78, 5) is 6.94. The minimum absolute atomic E-state index is 0.615. The highest BCUT2D eigenvalue weighted by Gasteiger charge is 2.24. The van der Waals surface area contributed by atoms with E-state index in [9.17, 15) is 0 Å². The van der Waals surface area contributed by atoms with Crippen LogP contribution >= 0.6 is 0 Å². The molecule has 1 saturated heterocycles. The fourth-order valence-corrected chi connectivity index (χ4v) is 2.88. The van der Waals surface area contributed by atoms with E-state index < -0.39 is 0 Å². The molecule has 2 aromatic rings. The lowest BCUT2D eigenvalue weighted by atomic mass is 10.0. The first-order chi connectivity index (χ1) is 8.38. The Balaban J connectivity index is 2.00.